The van der Waals surface area contributed by atoms with Gasteiger partial charge in [0, 0.05) is 11.8 Å². The Morgan fingerprint density at radius 1 is 1.22 bits per heavy atom. The van der Waals surface area contributed by atoms with Crippen LogP contribution in [0.2, 0.25) is 0 Å². The van der Waals surface area contributed by atoms with E-state index in [0.29, 0.717) is 5.38 Å². The zero-order valence-electron chi connectivity index (χ0n) is 10.8. The molecule has 98 valence electrons. The van der Waals surface area contributed by atoms with Gasteiger partial charge in [-0.25, -0.2) is 0 Å². The van der Waals surface area contributed by atoms with Gasteiger partial charge in [-0.3, -0.25) is 0 Å². The number of ether oxygens (including phenoxy) is 1. The molecule has 2 unspecified atom stereocenters. The van der Waals surface area contributed by atoms with Gasteiger partial charge in [-0.05, 0) is 48.8 Å². The van der Waals surface area contributed by atoms with Crippen molar-refractivity contribution >= 4 is 11.6 Å². The molecular formula is C16H21ClO. The van der Waals surface area contributed by atoms with Crippen LogP contribution in [-0.4, -0.2) is 12.0 Å². The zero-order chi connectivity index (χ0) is 12.4. The molecule has 0 spiro atoms. The molecular weight excluding hydrogens is 244 g/mol. The van der Waals surface area contributed by atoms with Crippen molar-refractivity contribution in [2.24, 2.45) is 5.92 Å². The minimum Gasteiger partial charge on any atom is -0.493 e. The molecule has 0 amide bonds. The number of halogens is 1. The molecule has 3 rings (SSSR count). The maximum absolute atomic E-state index is 6.42. The number of fused-ring (bicyclic) bond motifs is 1. The number of hydrogen-bond donors (Lipinski definition) is 0. The molecule has 0 N–H and O–H groups in total. The molecule has 0 aromatic heterocycles. The normalized spacial score (nSPS) is 26.7. The first-order valence-corrected chi connectivity index (χ1v) is 7.65. The third kappa shape index (κ3) is 2.66. The molecule has 2 aliphatic rings. The maximum atomic E-state index is 6.42. The van der Waals surface area contributed by atoms with E-state index in [0.717, 1.165) is 24.7 Å². The van der Waals surface area contributed by atoms with Crippen LogP contribution in [0.4, 0.5) is 0 Å². The van der Waals surface area contributed by atoms with Crippen LogP contribution >= 0.6 is 11.6 Å². The smallest absolute Gasteiger partial charge is 0.122 e. The lowest BCUT2D eigenvalue weighted by Crippen LogP contribution is -2.20. The summed E-state index contributed by atoms with van der Waals surface area (Å²) >= 11 is 6.42. The van der Waals surface area contributed by atoms with Gasteiger partial charge in [0.2, 0.25) is 0 Å². The molecule has 1 aliphatic heterocycles. The summed E-state index contributed by atoms with van der Waals surface area (Å²) in [6.45, 7) is 0.852. The van der Waals surface area contributed by atoms with Crippen molar-refractivity contribution < 1.29 is 4.74 Å². The molecule has 1 heterocycles. The van der Waals surface area contributed by atoms with Gasteiger partial charge in [0.1, 0.15) is 5.75 Å². The molecule has 18 heavy (non-hydrogen) atoms. The van der Waals surface area contributed by atoms with Crippen molar-refractivity contribution in [3.05, 3.63) is 29.3 Å². The van der Waals surface area contributed by atoms with Gasteiger partial charge in [0.25, 0.3) is 0 Å². The van der Waals surface area contributed by atoms with Gasteiger partial charge < -0.3 is 4.74 Å². The zero-order valence-corrected chi connectivity index (χ0v) is 11.6. The second kappa shape index (κ2) is 5.52. The third-order valence-electron chi connectivity index (χ3n) is 4.37. The van der Waals surface area contributed by atoms with E-state index < -0.39 is 0 Å². The highest BCUT2D eigenvalue weighted by Gasteiger charge is 2.22. The summed E-state index contributed by atoms with van der Waals surface area (Å²) in [6.07, 6.45) is 8.71. The molecule has 1 saturated carbocycles. The van der Waals surface area contributed by atoms with E-state index >= 15 is 0 Å². The fraction of sp³-hybridized carbons (Fsp3) is 0.625. The monoisotopic (exact) mass is 264 g/mol. The van der Waals surface area contributed by atoms with E-state index in [1.54, 1.807) is 0 Å². The largest absolute Gasteiger partial charge is 0.493 e. The Balaban J connectivity index is 1.59. The molecule has 0 bridgehead atoms. The minimum absolute atomic E-state index is 0.413. The van der Waals surface area contributed by atoms with E-state index in [4.69, 9.17) is 16.3 Å². The third-order valence-corrected chi connectivity index (χ3v) is 4.95. The lowest BCUT2D eigenvalue weighted by atomic mass is 9.84. The summed E-state index contributed by atoms with van der Waals surface area (Å²) in [5, 5.41) is 0.413. The predicted octanol–water partition coefficient (Wildman–Crippen LogP) is 4.35. The number of alkyl halides is 1. The summed E-state index contributed by atoms with van der Waals surface area (Å²) in [4.78, 5) is 0. The van der Waals surface area contributed by atoms with Gasteiger partial charge in [-0.15, -0.1) is 11.6 Å². The van der Waals surface area contributed by atoms with Gasteiger partial charge in [0.15, 0.2) is 0 Å². The number of hydrogen-bond acceptors (Lipinski definition) is 1. The first-order chi connectivity index (χ1) is 8.83. The van der Waals surface area contributed by atoms with Crippen LogP contribution in [0.25, 0.3) is 0 Å². The van der Waals surface area contributed by atoms with Crippen LogP contribution < -0.4 is 4.74 Å². The average molecular weight is 265 g/mol. The Morgan fingerprint density at radius 2 is 2.11 bits per heavy atom. The number of rotatable bonds is 3. The van der Waals surface area contributed by atoms with E-state index in [1.165, 1.54) is 49.7 Å². The van der Waals surface area contributed by atoms with Crippen LogP contribution in [0.1, 0.15) is 43.2 Å². The van der Waals surface area contributed by atoms with E-state index in [-0.39, 0.29) is 0 Å². The molecule has 1 fully saturated rings. The molecule has 1 aromatic rings. The lowest BCUT2D eigenvalue weighted by Gasteiger charge is -2.26. The van der Waals surface area contributed by atoms with Crippen LogP contribution in [0, 0.1) is 5.92 Å². The minimum atomic E-state index is 0.413. The highest BCUT2D eigenvalue weighted by molar-refractivity contribution is 6.20. The van der Waals surface area contributed by atoms with Gasteiger partial charge in [-0.1, -0.05) is 25.0 Å². The van der Waals surface area contributed by atoms with Crippen molar-refractivity contribution in [1.29, 1.82) is 0 Å². The summed E-state index contributed by atoms with van der Waals surface area (Å²) < 4.78 is 5.54. The molecule has 0 saturated heterocycles. The van der Waals surface area contributed by atoms with E-state index in [9.17, 15) is 0 Å². The first kappa shape index (κ1) is 12.3. The maximum Gasteiger partial charge on any atom is 0.122 e. The topological polar surface area (TPSA) is 9.23 Å². The lowest BCUT2D eigenvalue weighted by molar-refractivity contribution is 0.346. The van der Waals surface area contributed by atoms with Gasteiger partial charge >= 0.3 is 0 Å². The van der Waals surface area contributed by atoms with Crippen molar-refractivity contribution in [1.82, 2.24) is 0 Å². The Morgan fingerprint density at radius 3 is 3.00 bits per heavy atom. The summed E-state index contributed by atoms with van der Waals surface area (Å²) in [5.41, 5.74) is 2.84. The highest BCUT2D eigenvalue weighted by atomic mass is 35.5. The number of benzene rings is 1. The van der Waals surface area contributed by atoms with Crippen LogP contribution in [0.15, 0.2) is 18.2 Å². The standard InChI is InChI=1S/C16H21ClO/c17-15-4-2-1-3-13(15)7-5-12-6-8-16-14(11-12)9-10-18-16/h6,8,11,13,15H,1-5,7,9-10H2. The Kier molecular flexibility index (Phi) is 3.79. The Bertz CT molecular complexity index is 416. The van der Waals surface area contributed by atoms with Crippen LogP contribution in [0.3, 0.4) is 0 Å². The van der Waals surface area contributed by atoms with Crippen LogP contribution in [0.5, 0.6) is 5.75 Å². The van der Waals surface area contributed by atoms with Crippen molar-refractivity contribution in [2.45, 2.75) is 50.3 Å². The SMILES string of the molecule is ClC1CCCCC1CCc1ccc2c(c1)CCO2. The van der Waals surface area contributed by atoms with E-state index in [2.05, 4.69) is 18.2 Å². The van der Waals surface area contributed by atoms with Crippen LogP contribution in [-0.2, 0) is 12.8 Å². The second-order valence-electron chi connectivity index (χ2n) is 5.64. The Labute approximate surface area is 114 Å². The highest BCUT2D eigenvalue weighted by Crippen LogP contribution is 2.32. The number of aryl methyl sites for hydroxylation is 1. The van der Waals surface area contributed by atoms with Crippen molar-refractivity contribution in [3.8, 4) is 5.75 Å². The summed E-state index contributed by atoms with van der Waals surface area (Å²) in [6, 6.07) is 6.68. The fourth-order valence-electron chi connectivity index (χ4n) is 3.24. The molecule has 1 nitrogen and oxygen atoms in total. The van der Waals surface area contributed by atoms with Crippen molar-refractivity contribution in [2.75, 3.05) is 6.61 Å². The van der Waals surface area contributed by atoms with Crippen molar-refractivity contribution in [3.63, 3.8) is 0 Å². The summed E-state index contributed by atoms with van der Waals surface area (Å²) in [5.74, 6) is 1.82. The second-order valence-corrected chi connectivity index (χ2v) is 6.20. The van der Waals surface area contributed by atoms with Gasteiger partial charge in [-0.2, -0.15) is 0 Å². The quantitative estimate of drug-likeness (QED) is 0.738. The van der Waals surface area contributed by atoms with Gasteiger partial charge in [0.05, 0.1) is 6.61 Å². The molecule has 1 aliphatic carbocycles. The average Bonchev–Trinajstić information content (AvgIpc) is 2.85. The molecule has 1 aromatic carbocycles. The summed E-state index contributed by atoms with van der Waals surface area (Å²) in [7, 11) is 0. The predicted molar refractivity (Wildman–Crippen MR) is 75.6 cm³/mol. The van der Waals surface area contributed by atoms with E-state index in [1.807, 2.05) is 0 Å². The Hall–Kier alpha value is -0.690. The molecule has 2 atom stereocenters. The molecule has 2 heteroatoms. The first-order valence-electron chi connectivity index (χ1n) is 7.21. The molecule has 0 radical (unpaired) electrons. The fourth-order valence-corrected chi connectivity index (χ4v) is 3.64.